The van der Waals surface area contributed by atoms with Crippen LogP contribution in [0.25, 0.3) is 0 Å². The lowest BCUT2D eigenvalue weighted by Gasteiger charge is -2.12. The molecule has 2 aromatic rings. The molecule has 3 rings (SSSR count). The van der Waals surface area contributed by atoms with Gasteiger partial charge in [0, 0.05) is 17.5 Å². The Morgan fingerprint density at radius 1 is 1.11 bits per heavy atom. The number of ether oxygens (including phenoxy) is 1. The van der Waals surface area contributed by atoms with Gasteiger partial charge in [0.15, 0.2) is 11.6 Å². The van der Waals surface area contributed by atoms with E-state index in [1.165, 1.54) is 6.07 Å². The van der Waals surface area contributed by atoms with Gasteiger partial charge in [-0.25, -0.2) is 4.39 Å². The topological polar surface area (TPSA) is 35.2 Å². The Kier molecular flexibility index (Phi) is 3.22. The summed E-state index contributed by atoms with van der Waals surface area (Å²) in [6.07, 6.45) is 0.908. The van der Waals surface area contributed by atoms with E-state index < -0.39 is 0 Å². The van der Waals surface area contributed by atoms with E-state index in [-0.39, 0.29) is 17.8 Å². The Morgan fingerprint density at radius 2 is 1.84 bits per heavy atom. The largest absolute Gasteiger partial charge is 0.486 e. The normalized spacial score (nSPS) is 21.2. The molecule has 1 aliphatic rings. The molecule has 1 saturated carbocycles. The number of hydrogen-bond acceptors (Lipinski definition) is 2. The highest BCUT2D eigenvalue weighted by atomic mass is 19.1. The minimum atomic E-state index is -0.312. The van der Waals surface area contributed by atoms with Gasteiger partial charge in [0.25, 0.3) is 0 Å². The van der Waals surface area contributed by atoms with E-state index in [0.29, 0.717) is 12.4 Å². The molecule has 2 atom stereocenters. The molecule has 19 heavy (non-hydrogen) atoms. The average molecular weight is 257 g/mol. The second-order valence-electron chi connectivity index (χ2n) is 4.94. The summed E-state index contributed by atoms with van der Waals surface area (Å²) in [4.78, 5) is 0. The summed E-state index contributed by atoms with van der Waals surface area (Å²) in [5.41, 5.74) is 7.76. The summed E-state index contributed by atoms with van der Waals surface area (Å²) in [5, 5.41) is 0. The highest BCUT2D eigenvalue weighted by molar-refractivity contribution is 5.42. The molecule has 3 heteroatoms. The lowest BCUT2D eigenvalue weighted by atomic mass is 10.1. The summed E-state index contributed by atoms with van der Waals surface area (Å²) < 4.78 is 19.6. The van der Waals surface area contributed by atoms with Crippen molar-refractivity contribution in [3.05, 3.63) is 65.5 Å². The Morgan fingerprint density at radius 3 is 2.53 bits per heavy atom. The number of benzene rings is 2. The van der Waals surface area contributed by atoms with Gasteiger partial charge in [-0.05, 0) is 18.1 Å². The van der Waals surface area contributed by atoms with Crippen LogP contribution < -0.4 is 10.5 Å². The van der Waals surface area contributed by atoms with E-state index in [4.69, 9.17) is 10.5 Å². The minimum Gasteiger partial charge on any atom is -0.486 e. The fourth-order valence-corrected chi connectivity index (χ4v) is 2.27. The van der Waals surface area contributed by atoms with Crippen LogP contribution in [0.4, 0.5) is 4.39 Å². The monoisotopic (exact) mass is 257 g/mol. The smallest absolute Gasteiger partial charge is 0.165 e. The van der Waals surface area contributed by atoms with Gasteiger partial charge in [-0.15, -0.1) is 0 Å². The molecular formula is C16H16FNO. The summed E-state index contributed by atoms with van der Waals surface area (Å²) in [6, 6.07) is 14.9. The third-order valence-electron chi connectivity index (χ3n) is 3.46. The molecule has 1 aliphatic carbocycles. The maximum Gasteiger partial charge on any atom is 0.165 e. The SMILES string of the molecule is N[C@@H]1C[C@H]1c1cccc(F)c1OCc1ccccc1. The predicted octanol–water partition coefficient (Wildman–Crippen LogP) is 3.22. The third kappa shape index (κ3) is 2.61. The van der Waals surface area contributed by atoms with Crippen molar-refractivity contribution in [1.29, 1.82) is 0 Å². The maximum absolute atomic E-state index is 13.9. The summed E-state index contributed by atoms with van der Waals surface area (Å²) in [6.45, 7) is 0.372. The molecule has 0 spiro atoms. The zero-order valence-electron chi connectivity index (χ0n) is 10.6. The number of halogens is 1. The van der Waals surface area contributed by atoms with Gasteiger partial charge >= 0.3 is 0 Å². The van der Waals surface area contributed by atoms with Crippen molar-refractivity contribution in [1.82, 2.24) is 0 Å². The maximum atomic E-state index is 13.9. The molecule has 0 unspecified atom stereocenters. The summed E-state index contributed by atoms with van der Waals surface area (Å²) >= 11 is 0. The fraction of sp³-hybridized carbons (Fsp3) is 0.250. The Balaban J connectivity index is 1.80. The van der Waals surface area contributed by atoms with E-state index in [9.17, 15) is 4.39 Å². The van der Waals surface area contributed by atoms with Gasteiger partial charge < -0.3 is 10.5 Å². The third-order valence-corrected chi connectivity index (χ3v) is 3.46. The number of para-hydroxylation sites is 1. The zero-order valence-corrected chi connectivity index (χ0v) is 10.6. The second kappa shape index (κ2) is 5.02. The van der Waals surface area contributed by atoms with Gasteiger partial charge in [0.1, 0.15) is 6.61 Å². The Hall–Kier alpha value is -1.87. The van der Waals surface area contributed by atoms with Crippen LogP contribution >= 0.6 is 0 Å². The van der Waals surface area contributed by atoms with Crippen molar-refractivity contribution in [2.24, 2.45) is 5.73 Å². The molecule has 98 valence electrons. The molecular weight excluding hydrogens is 241 g/mol. The molecule has 0 saturated heterocycles. The van der Waals surface area contributed by atoms with Gasteiger partial charge in [-0.3, -0.25) is 0 Å². The molecule has 2 aromatic carbocycles. The first-order valence-corrected chi connectivity index (χ1v) is 6.46. The first kappa shape index (κ1) is 12.2. The van der Waals surface area contributed by atoms with Gasteiger partial charge in [-0.2, -0.15) is 0 Å². The Bertz CT molecular complexity index is 570. The number of rotatable bonds is 4. The van der Waals surface area contributed by atoms with Crippen LogP contribution in [0.5, 0.6) is 5.75 Å². The van der Waals surface area contributed by atoms with Crippen LogP contribution in [0.15, 0.2) is 48.5 Å². The van der Waals surface area contributed by atoms with Crippen molar-refractivity contribution < 1.29 is 9.13 Å². The molecule has 0 bridgehead atoms. The van der Waals surface area contributed by atoms with Crippen LogP contribution in [-0.4, -0.2) is 6.04 Å². The standard InChI is InChI=1S/C16H16FNO/c17-14-8-4-7-12(13-9-15(13)18)16(14)19-10-11-5-2-1-3-6-11/h1-8,13,15H,9-10,18H2/t13-,15+/m0/s1. The quantitative estimate of drug-likeness (QED) is 0.912. The highest BCUT2D eigenvalue weighted by Gasteiger charge is 2.37. The fourth-order valence-electron chi connectivity index (χ4n) is 2.27. The molecule has 0 amide bonds. The van der Waals surface area contributed by atoms with E-state index in [0.717, 1.165) is 17.5 Å². The second-order valence-corrected chi connectivity index (χ2v) is 4.94. The van der Waals surface area contributed by atoms with Crippen molar-refractivity contribution >= 4 is 0 Å². The van der Waals surface area contributed by atoms with E-state index in [1.807, 2.05) is 36.4 Å². The van der Waals surface area contributed by atoms with Crippen molar-refractivity contribution in [3.63, 3.8) is 0 Å². The van der Waals surface area contributed by atoms with E-state index in [2.05, 4.69) is 0 Å². The highest BCUT2D eigenvalue weighted by Crippen LogP contribution is 2.44. The molecule has 0 aliphatic heterocycles. The van der Waals surface area contributed by atoms with Crippen molar-refractivity contribution in [3.8, 4) is 5.75 Å². The van der Waals surface area contributed by atoms with Crippen LogP contribution in [0.3, 0.4) is 0 Å². The van der Waals surface area contributed by atoms with Crippen LogP contribution in [0, 0.1) is 5.82 Å². The van der Waals surface area contributed by atoms with Gasteiger partial charge in [-0.1, -0.05) is 42.5 Å². The summed E-state index contributed by atoms with van der Waals surface area (Å²) in [5.74, 6) is 0.276. The van der Waals surface area contributed by atoms with E-state index >= 15 is 0 Å². The van der Waals surface area contributed by atoms with Gasteiger partial charge in [0.2, 0.25) is 0 Å². The molecule has 0 radical (unpaired) electrons. The Labute approximate surface area is 112 Å². The number of nitrogens with two attached hydrogens (primary N) is 1. The average Bonchev–Trinajstić information content (AvgIpc) is 3.15. The van der Waals surface area contributed by atoms with E-state index in [1.54, 1.807) is 6.07 Å². The lowest BCUT2D eigenvalue weighted by Crippen LogP contribution is -2.04. The molecule has 2 N–H and O–H groups in total. The first-order valence-electron chi connectivity index (χ1n) is 6.46. The number of hydrogen-bond donors (Lipinski definition) is 1. The molecule has 0 aromatic heterocycles. The van der Waals surface area contributed by atoms with Crippen molar-refractivity contribution in [2.75, 3.05) is 0 Å². The minimum absolute atomic E-state index is 0.140. The van der Waals surface area contributed by atoms with Crippen LogP contribution in [0.1, 0.15) is 23.5 Å². The zero-order chi connectivity index (χ0) is 13.2. The molecule has 1 fully saturated rings. The molecule has 2 nitrogen and oxygen atoms in total. The van der Waals surface area contributed by atoms with Crippen LogP contribution in [0.2, 0.25) is 0 Å². The predicted molar refractivity (Wildman–Crippen MR) is 72.5 cm³/mol. The first-order chi connectivity index (χ1) is 9.25. The summed E-state index contributed by atoms with van der Waals surface area (Å²) in [7, 11) is 0. The van der Waals surface area contributed by atoms with Gasteiger partial charge in [0.05, 0.1) is 0 Å². The van der Waals surface area contributed by atoms with Crippen LogP contribution in [-0.2, 0) is 6.61 Å². The van der Waals surface area contributed by atoms with Crippen molar-refractivity contribution in [2.45, 2.75) is 25.0 Å². The molecule has 0 heterocycles. The lowest BCUT2D eigenvalue weighted by molar-refractivity contribution is 0.287.